The Labute approximate surface area is 82.3 Å². The maximum atomic E-state index is 5.71. The normalized spacial score (nSPS) is 13.0. The number of pyridine rings is 1. The Morgan fingerprint density at radius 2 is 2.43 bits per heavy atom. The summed E-state index contributed by atoms with van der Waals surface area (Å²) in [6.07, 6.45) is 4.11. The van der Waals surface area contributed by atoms with Crippen molar-refractivity contribution in [1.29, 1.82) is 0 Å². The SMILES string of the molecule is CCC(N)Oc1cccc2nccn12. The van der Waals surface area contributed by atoms with E-state index in [4.69, 9.17) is 10.5 Å². The van der Waals surface area contributed by atoms with E-state index < -0.39 is 0 Å². The zero-order chi connectivity index (χ0) is 9.97. The van der Waals surface area contributed by atoms with Gasteiger partial charge in [-0.2, -0.15) is 0 Å². The van der Waals surface area contributed by atoms with E-state index in [1.165, 1.54) is 0 Å². The number of nitrogens with two attached hydrogens (primary N) is 1. The molecule has 0 aromatic carbocycles. The highest BCUT2D eigenvalue weighted by molar-refractivity contribution is 5.41. The highest BCUT2D eigenvalue weighted by Gasteiger charge is 2.04. The summed E-state index contributed by atoms with van der Waals surface area (Å²) in [6, 6.07) is 5.70. The Morgan fingerprint density at radius 3 is 3.21 bits per heavy atom. The van der Waals surface area contributed by atoms with Gasteiger partial charge in [-0.25, -0.2) is 4.98 Å². The molecule has 2 heterocycles. The summed E-state index contributed by atoms with van der Waals surface area (Å²) in [5.41, 5.74) is 6.58. The lowest BCUT2D eigenvalue weighted by atomic mass is 10.4. The standard InChI is InChI=1S/C10H13N3O/c1-2-8(11)14-10-5-3-4-9-12-6-7-13(9)10/h3-8H,2,11H2,1H3. The lowest BCUT2D eigenvalue weighted by Crippen LogP contribution is -2.26. The van der Waals surface area contributed by atoms with Crippen LogP contribution in [-0.4, -0.2) is 15.6 Å². The molecule has 0 spiro atoms. The van der Waals surface area contributed by atoms with Crippen LogP contribution in [0, 0.1) is 0 Å². The average molecular weight is 191 g/mol. The number of fused-ring (bicyclic) bond motifs is 1. The molecule has 2 N–H and O–H groups in total. The first-order valence-corrected chi connectivity index (χ1v) is 4.65. The van der Waals surface area contributed by atoms with Crippen LogP contribution in [0.15, 0.2) is 30.6 Å². The van der Waals surface area contributed by atoms with E-state index in [0.717, 1.165) is 17.9 Å². The van der Waals surface area contributed by atoms with Crippen LogP contribution < -0.4 is 10.5 Å². The molecule has 0 saturated heterocycles. The molecule has 0 aliphatic carbocycles. The van der Waals surface area contributed by atoms with Crippen LogP contribution in [0.4, 0.5) is 0 Å². The molecule has 0 amide bonds. The molecule has 2 aromatic heterocycles. The van der Waals surface area contributed by atoms with E-state index >= 15 is 0 Å². The van der Waals surface area contributed by atoms with Crippen molar-refractivity contribution in [3.05, 3.63) is 30.6 Å². The Balaban J connectivity index is 2.36. The monoisotopic (exact) mass is 191 g/mol. The van der Waals surface area contributed by atoms with Crippen molar-refractivity contribution in [2.75, 3.05) is 0 Å². The molecule has 74 valence electrons. The molecule has 1 atom stereocenters. The maximum absolute atomic E-state index is 5.71. The number of hydrogen-bond donors (Lipinski definition) is 1. The average Bonchev–Trinajstić information content (AvgIpc) is 2.66. The number of aromatic nitrogens is 2. The highest BCUT2D eigenvalue weighted by Crippen LogP contribution is 2.14. The van der Waals surface area contributed by atoms with Gasteiger partial charge in [0.05, 0.1) is 0 Å². The summed E-state index contributed by atoms with van der Waals surface area (Å²) in [6.45, 7) is 1.98. The molecule has 0 fully saturated rings. The molecule has 0 saturated carbocycles. The minimum atomic E-state index is -0.261. The van der Waals surface area contributed by atoms with Gasteiger partial charge in [-0.15, -0.1) is 0 Å². The van der Waals surface area contributed by atoms with Crippen LogP contribution in [0.1, 0.15) is 13.3 Å². The predicted molar refractivity (Wildman–Crippen MR) is 54.1 cm³/mol. The number of nitrogens with zero attached hydrogens (tertiary/aromatic N) is 2. The third-order valence-electron chi connectivity index (χ3n) is 2.07. The van der Waals surface area contributed by atoms with Crippen LogP contribution in [0.25, 0.3) is 5.65 Å². The first-order chi connectivity index (χ1) is 6.81. The fourth-order valence-corrected chi connectivity index (χ4v) is 1.26. The van der Waals surface area contributed by atoms with Crippen molar-refractivity contribution >= 4 is 5.65 Å². The van der Waals surface area contributed by atoms with E-state index in [2.05, 4.69) is 4.98 Å². The minimum Gasteiger partial charge on any atom is -0.460 e. The van der Waals surface area contributed by atoms with Crippen LogP contribution in [-0.2, 0) is 0 Å². The first-order valence-electron chi connectivity index (χ1n) is 4.65. The minimum absolute atomic E-state index is 0.261. The Kier molecular flexibility index (Phi) is 2.37. The van der Waals surface area contributed by atoms with E-state index in [1.807, 2.05) is 35.7 Å². The quantitative estimate of drug-likeness (QED) is 0.746. The fraction of sp³-hybridized carbons (Fsp3) is 0.300. The van der Waals surface area contributed by atoms with Gasteiger partial charge in [-0.05, 0) is 18.6 Å². The van der Waals surface area contributed by atoms with E-state index in [-0.39, 0.29) is 6.23 Å². The number of hydrogen-bond acceptors (Lipinski definition) is 3. The molecule has 4 nitrogen and oxygen atoms in total. The lowest BCUT2D eigenvalue weighted by molar-refractivity contribution is 0.194. The molecule has 0 aliphatic rings. The summed E-state index contributed by atoms with van der Waals surface area (Å²) in [4.78, 5) is 4.15. The van der Waals surface area contributed by atoms with E-state index in [1.54, 1.807) is 6.20 Å². The van der Waals surface area contributed by atoms with Crippen LogP contribution in [0.3, 0.4) is 0 Å². The molecule has 4 heteroatoms. The maximum Gasteiger partial charge on any atom is 0.201 e. The molecule has 0 aliphatic heterocycles. The van der Waals surface area contributed by atoms with Crippen molar-refractivity contribution in [3.8, 4) is 5.88 Å². The molecule has 0 bridgehead atoms. The molecule has 2 aromatic rings. The molecule has 14 heavy (non-hydrogen) atoms. The summed E-state index contributed by atoms with van der Waals surface area (Å²) in [5.74, 6) is 0.731. The van der Waals surface area contributed by atoms with Gasteiger partial charge in [-0.1, -0.05) is 13.0 Å². The predicted octanol–water partition coefficient (Wildman–Crippen LogP) is 1.41. The topological polar surface area (TPSA) is 52.5 Å². The summed E-state index contributed by atoms with van der Waals surface area (Å²) in [7, 11) is 0. The molecular formula is C10H13N3O. The number of rotatable bonds is 3. The van der Waals surface area contributed by atoms with Crippen molar-refractivity contribution in [2.24, 2.45) is 5.73 Å². The summed E-state index contributed by atoms with van der Waals surface area (Å²) < 4.78 is 7.41. The van der Waals surface area contributed by atoms with Gasteiger partial charge in [0.15, 0.2) is 0 Å². The van der Waals surface area contributed by atoms with Gasteiger partial charge >= 0.3 is 0 Å². The highest BCUT2D eigenvalue weighted by atomic mass is 16.5. The van der Waals surface area contributed by atoms with Crippen LogP contribution in [0.2, 0.25) is 0 Å². The second-order valence-corrected chi connectivity index (χ2v) is 3.08. The Morgan fingerprint density at radius 1 is 1.57 bits per heavy atom. The zero-order valence-corrected chi connectivity index (χ0v) is 8.05. The van der Waals surface area contributed by atoms with Gasteiger partial charge < -0.3 is 4.74 Å². The van der Waals surface area contributed by atoms with E-state index in [0.29, 0.717) is 0 Å². The molecule has 0 radical (unpaired) electrons. The number of imidazole rings is 1. The van der Waals surface area contributed by atoms with Gasteiger partial charge in [0.2, 0.25) is 5.88 Å². The van der Waals surface area contributed by atoms with Crippen LogP contribution in [0.5, 0.6) is 5.88 Å². The van der Waals surface area contributed by atoms with Crippen molar-refractivity contribution in [1.82, 2.24) is 9.38 Å². The summed E-state index contributed by atoms with van der Waals surface area (Å²) in [5, 5.41) is 0. The van der Waals surface area contributed by atoms with Crippen molar-refractivity contribution in [2.45, 2.75) is 19.6 Å². The largest absolute Gasteiger partial charge is 0.460 e. The van der Waals surface area contributed by atoms with Gasteiger partial charge in [0.25, 0.3) is 0 Å². The molecule has 1 unspecified atom stereocenters. The van der Waals surface area contributed by atoms with Gasteiger partial charge in [0, 0.05) is 12.4 Å². The van der Waals surface area contributed by atoms with Gasteiger partial charge in [-0.3, -0.25) is 10.1 Å². The molecular weight excluding hydrogens is 178 g/mol. The fourth-order valence-electron chi connectivity index (χ4n) is 1.26. The zero-order valence-electron chi connectivity index (χ0n) is 8.05. The number of ether oxygens (including phenoxy) is 1. The Hall–Kier alpha value is -1.55. The van der Waals surface area contributed by atoms with Gasteiger partial charge in [0.1, 0.15) is 11.9 Å². The Bertz CT molecular complexity index is 424. The summed E-state index contributed by atoms with van der Waals surface area (Å²) >= 11 is 0. The third-order valence-corrected chi connectivity index (χ3v) is 2.07. The van der Waals surface area contributed by atoms with Crippen molar-refractivity contribution in [3.63, 3.8) is 0 Å². The second-order valence-electron chi connectivity index (χ2n) is 3.08. The third kappa shape index (κ3) is 1.56. The first kappa shape index (κ1) is 9.02. The van der Waals surface area contributed by atoms with Crippen molar-refractivity contribution < 1.29 is 4.74 Å². The lowest BCUT2D eigenvalue weighted by Gasteiger charge is -2.13. The second kappa shape index (κ2) is 3.67. The smallest absolute Gasteiger partial charge is 0.201 e. The van der Waals surface area contributed by atoms with Crippen LogP contribution >= 0.6 is 0 Å². The molecule has 2 rings (SSSR count). The van der Waals surface area contributed by atoms with E-state index in [9.17, 15) is 0 Å².